The van der Waals surface area contributed by atoms with Crippen LogP contribution in [0.15, 0.2) is 0 Å². The number of hydrogen-bond acceptors (Lipinski definition) is 3. The van der Waals surface area contributed by atoms with Crippen LogP contribution in [0.2, 0.25) is 0 Å². The fourth-order valence-electron chi connectivity index (χ4n) is 0.961. The molecule has 0 fully saturated rings. The summed E-state index contributed by atoms with van der Waals surface area (Å²) < 4.78 is 5.38. The largest absolute Gasteiger partial charge is 0.379 e. The van der Waals surface area contributed by atoms with Gasteiger partial charge in [0.25, 0.3) is 0 Å². The standard InChI is InChI=1S/C10H22N2O2/c1-9(2)14-7-5-4-6-12-8-10(13)11-3/h9,12H,4-8H2,1-3H3,(H,11,13). The molecular formula is C10H22N2O2. The third kappa shape index (κ3) is 9.48. The van der Waals surface area contributed by atoms with Crippen molar-refractivity contribution in [1.29, 1.82) is 0 Å². The molecule has 0 bridgehead atoms. The SMILES string of the molecule is CNC(=O)CNCCCCOC(C)C. The molecule has 84 valence electrons. The second-order valence-corrected chi connectivity index (χ2v) is 3.48. The van der Waals surface area contributed by atoms with E-state index in [2.05, 4.69) is 10.6 Å². The van der Waals surface area contributed by atoms with Gasteiger partial charge >= 0.3 is 0 Å². The summed E-state index contributed by atoms with van der Waals surface area (Å²) in [6.07, 6.45) is 2.40. The van der Waals surface area contributed by atoms with E-state index in [0.717, 1.165) is 26.0 Å². The zero-order valence-corrected chi connectivity index (χ0v) is 9.43. The first-order valence-electron chi connectivity index (χ1n) is 5.19. The number of carbonyl (C=O) groups is 1. The number of likely N-dealkylation sites (N-methyl/N-ethyl adjacent to an activating group) is 1. The molecule has 4 heteroatoms. The highest BCUT2D eigenvalue weighted by atomic mass is 16.5. The molecule has 0 aliphatic heterocycles. The molecule has 0 atom stereocenters. The smallest absolute Gasteiger partial charge is 0.233 e. The van der Waals surface area contributed by atoms with Crippen molar-refractivity contribution < 1.29 is 9.53 Å². The molecule has 0 aromatic rings. The van der Waals surface area contributed by atoms with E-state index >= 15 is 0 Å². The van der Waals surface area contributed by atoms with Gasteiger partial charge in [-0.05, 0) is 33.2 Å². The number of ether oxygens (including phenoxy) is 1. The van der Waals surface area contributed by atoms with Crippen LogP contribution in [0.25, 0.3) is 0 Å². The van der Waals surface area contributed by atoms with Crippen molar-refractivity contribution in [1.82, 2.24) is 10.6 Å². The minimum atomic E-state index is 0.0310. The molecule has 1 amide bonds. The van der Waals surface area contributed by atoms with E-state index in [4.69, 9.17) is 4.74 Å². The molecule has 0 aromatic carbocycles. The molecule has 0 rings (SSSR count). The van der Waals surface area contributed by atoms with Crippen molar-refractivity contribution in [3.05, 3.63) is 0 Å². The van der Waals surface area contributed by atoms with Gasteiger partial charge in [0.15, 0.2) is 0 Å². The molecule has 14 heavy (non-hydrogen) atoms. The lowest BCUT2D eigenvalue weighted by molar-refractivity contribution is -0.119. The average molecular weight is 202 g/mol. The van der Waals surface area contributed by atoms with Gasteiger partial charge in [-0.3, -0.25) is 4.79 Å². The van der Waals surface area contributed by atoms with E-state index in [-0.39, 0.29) is 5.91 Å². The first-order chi connectivity index (χ1) is 6.66. The summed E-state index contributed by atoms with van der Waals surface area (Å²) in [4.78, 5) is 10.8. The van der Waals surface area contributed by atoms with Gasteiger partial charge in [0.1, 0.15) is 0 Å². The Hall–Kier alpha value is -0.610. The van der Waals surface area contributed by atoms with Gasteiger partial charge in [-0.2, -0.15) is 0 Å². The van der Waals surface area contributed by atoms with Crippen LogP contribution in [0.4, 0.5) is 0 Å². The lowest BCUT2D eigenvalue weighted by Crippen LogP contribution is -2.31. The number of nitrogens with one attached hydrogen (secondary N) is 2. The number of unbranched alkanes of at least 4 members (excludes halogenated alkanes) is 1. The van der Waals surface area contributed by atoms with Crippen LogP contribution in [0.5, 0.6) is 0 Å². The number of amides is 1. The monoisotopic (exact) mass is 202 g/mol. The van der Waals surface area contributed by atoms with Crippen LogP contribution in [0.3, 0.4) is 0 Å². The number of rotatable bonds is 8. The quantitative estimate of drug-likeness (QED) is 0.564. The maximum Gasteiger partial charge on any atom is 0.233 e. The Morgan fingerprint density at radius 2 is 2.07 bits per heavy atom. The van der Waals surface area contributed by atoms with Crippen molar-refractivity contribution in [2.75, 3.05) is 26.7 Å². The van der Waals surface area contributed by atoms with E-state index < -0.39 is 0 Å². The Bertz CT molecular complexity index is 149. The summed E-state index contributed by atoms with van der Waals surface area (Å²) in [6, 6.07) is 0. The second-order valence-electron chi connectivity index (χ2n) is 3.48. The fourth-order valence-corrected chi connectivity index (χ4v) is 0.961. The van der Waals surface area contributed by atoms with Gasteiger partial charge in [-0.1, -0.05) is 0 Å². The second kappa shape index (κ2) is 8.97. The van der Waals surface area contributed by atoms with Crippen molar-refractivity contribution in [3.8, 4) is 0 Å². The van der Waals surface area contributed by atoms with Gasteiger partial charge in [0.05, 0.1) is 12.6 Å². The predicted octanol–water partition coefficient (Wildman–Crippen LogP) is 0.527. The van der Waals surface area contributed by atoms with E-state index in [1.165, 1.54) is 0 Å². The summed E-state index contributed by atoms with van der Waals surface area (Å²) in [6.45, 7) is 6.14. The zero-order chi connectivity index (χ0) is 10.8. The Kier molecular flexibility index (Phi) is 8.57. The molecule has 4 nitrogen and oxygen atoms in total. The lowest BCUT2D eigenvalue weighted by Gasteiger charge is -2.07. The molecule has 0 saturated heterocycles. The van der Waals surface area contributed by atoms with Crippen LogP contribution in [-0.2, 0) is 9.53 Å². The normalized spacial score (nSPS) is 10.6. The third-order valence-electron chi connectivity index (χ3n) is 1.76. The molecule has 0 aromatic heterocycles. The fraction of sp³-hybridized carbons (Fsp3) is 0.900. The molecule has 0 saturated carbocycles. The van der Waals surface area contributed by atoms with E-state index in [0.29, 0.717) is 12.6 Å². The minimum absolute atomic E-state index is 0.0310. The van der Waals surface area contributed by atoms with E-state index in [9.17, 15) is 4.79 Å². The summed E-state index contributed by atoms with van der Waals surface area (Å²) in [7, 11) is 1.64. The first kappa shape index (κ1) is 13.4. The summed E-state index contributed by atoms with van der Waals surface area (Å²) in [5.41, 5.74) is 0. The summed E-state index contributed by atoms with van der Waals surface area (Å²) >= 11 is 0. The van der Waals surface area contributed by atoms with Crippen molar-refractivity contribution in [2.24, 2.45) is 0 Å². The van der Waals surface area contributed by atoms with Crippen molar-refractivity contribution in [2.45, 2.75) is 32.8 Å². The van der Waals surface area contributed by atoms with Crippen LogP contribution < -0.4 is 10.6 Å². The summed E-state index contributed by atoms with van der Waals surface area (Å²) in [5, 5.41) is 5.61. The Balaban J connectivity index is 3.03. The van der Waals surface area contributed by atoms with Crippen LogP contribution >= 0.6 is 0 Å². The van der Waals surface area contributed by atoms with Gasteiger partial charge in [-0.15, -0.1) is 0 Å². The molecule has 2 N–H and O–H groups in total. The first-order valence-corrected chi connectivity index (χ1v) is 5.19. The average Bonchev–Trinajstić information content (AvgIpc) is 2.15. The molecule has 0 aliphatic rings. The van der Waals surface area contributed by atoms with Gasteiger partial charge in [0.2, 0.25) is 5.91 Å². The summed E-state index contributed by atoms with van der Waals surface area (Å²) in [5.74, 6) is 0.0310. The van der Waals surface area contributed by atoms with E-state index in [1.54, 1.807) is 7.05 Å². The maximum absolute atomic E-state index is 10.8. The van der Waals surface area contributed by atoms with Gasteiger partial charge in [-0.25, -0.2) is 0 Å². The van der Waals surface area contributed by atoms with Crippen molar-refractivity contribution in [3.63, 3.8) is 0 Å². The van der Waals surface area contributed by atoms with Gasteiger partial charge in [0, 0.05) is 13.7 Å². The van der Waals surface area contributed by atoms with Crippen LogP contribution in [-0.4, -0.2) is 38.8 Å². The Morgan fingerprint density at radius 3 is 2.64 bits per heavy atom. The highest BCUT2D eigenvalue weighted by molar-refractivity contribution is 5.77. The number of carbonyl (C=O) groups excluding carboxylic acids is 1. The van der Waals surface area contributed by atoms with Crippen LogP contribution in [0, 0.1) is 0 Å². The third-order valence-corrected chi connectivity index (χ3v) is 1.76. The maximum atomic E-state index is 10.8. The van der Waals surface area contributed by atoms with Crippen LogP contribution in [0.1, 0.15) is 26.7 Å². The Morgan fingerprint density at radius 1 is 1.36 bits per heavy atom. The van der Waals surface area contributed by atoms with Gasteiger partial charge < -0.3 is 15.4 Å². The van der Waals surface area contributed by atoms with E-state index in [1.807, 2.05) is 13.8 Å². The lowest BCUT2D eigenvalue weighted by atomic mass is 10.3. The zero-order valence-electron chi connectivity index (χ0n) is 9.43. The highest BCUT2D eigenvalue weighted by Crippen LogP contribution is 1.92. The van der Waals surface area contributed by atoms with Crippen molar-refractivity contribution >= 4 is 5.91 Å². The number of hydrogen-bond donors (Lipinski definition) is 2. The topological polar surface area (TPSA) is 50.4 Å². The highest BCUT2D eigenvalue weighted by Gasteiger charge is 1.96. The molecule has 0 spiro atoms. The molecule has 0 radical (unpaired) electrons. The predicted molar refractivity (Wildman–Crippen MR) is 57.3 cm³/mol. The molecular weight excluding hydrogens is 180 g/mol. The minimum Gasteiger partial charge on any atom is -0.379 e. The Labute approximate surface area is 86.4 Å². The molecule has 0 unspecified atom stereocenters. The molecule has 0 aliphatic carbocycles. The molecule has 0 heterocycles.